The molecule has 0 unspecified atom stereocenters. The Morgan fingerprint density at radius 1 is 0.351 bits per heavy atom. The third-order valence-electron chi connectivity index (χ3n) is 7.38. The van der Waals surface area contributed by atoms with E-state index in [1.165, 1.54) is 96.3 Å². The van der Waals surface area contributed by atoms with Gasteiger partial charge in [-0.3, -0.25) is 19.3 Å². The molecule has 0 spiro atoms. The van der Waals surface area contributed by atoms with Gasteiger partial charge in [0.15, 0.2) is 0 Å². The maximum absolute atomic E-state index is 12.7. The van der Waals surface area contributed by atoms with Gasteiger partial charge in [-0.25, -0.2) is 0 Å². The lowest BCUT2D eigenvalue weighted by molar-refractivity contribution is -0.125. The van der Waals surface area contributed by atoms with Gasteiger partial charge in [0, 0.05) is 19.3 Å². The van der Waals surface area contributed by atoms with E-state index in [0.717, 1.165) is 38.5 Å². The molecule has 0 rings (SSSR count). The number of nitrogens with zero attached hydrogens (tertiary/aromatic N) is 1. The molecule has 0 N–H and O–H groups in total. The van der Waals surface area contributed by atoms with Crippen molar-refractivity contribution in [3.8, 4) is 0 Å². The fourth-order valence-electron chi connectivity index (χ4n) is 4.99. The Kier molecular flexibility index (Phi) is 27.2. The van der Waals surface area contributed by atoms with Gasteiger partial charge in [-0.15, -0.1) is 0 Å². The minimum absolute atomic E-state index is 0.181. The van der Waals surface area contributed by atoms with Gasteiger partial charge in [-0.1, -0.05) is 136 Å². The van der Waals surface area contributed by atoms with Crippen LogP contribution in [-0.2, 0) is 14.4 Å². The van der Waals surface area contributed by atoms with Crippen molar-refractivity contribution in [2.45, 2.75) is 175 Å². The normalized spacial score (nSPS) is 11.4. The molecule has 0 saturated carbocycles. The lowest BCUT2D eigenvalue weighted by atomic mass is 10.0. The van der Waals surface area contributed by atoms with Crippen LogP contribution in [-0.4, -0.2) is 41.9 Å². The smallest absolute Gasteiger partial charge is 0.146 e. The first kappa shape index (κ1) is 36.0. The van der Waals surface area contributed by atoms with E-state index in [9.17, 15) is 14.4 Å². The Labute approximate surface area is 231 Å². The average molecular weight is 522 g/mol. The number of hydrogen-bond acceptors (Lipinski definition) is 4. The number of rotatable bonds is 30. The maximum atomic E-state index is 12.7. The van der Waals surface area contributed by atoms with E-state index in [-0.39, 0.29) is 37.0 Å². The molecule has 0 aliphatic carbocycles. The number of carbonyl (C=O) groups excluding carboxylic acids is 3. The van der Waals surface area contributed by atoms with Crippen molar-refractivity contribution in [2.75, 3.05) is 19.6 Å². The van der Waals surface area contributed by atoms with E-state index in [2.05, 4.69) is 20.8 Å². The molecular formula is C33H63NO3. The van der Waals surface area contributed by atoms with Gasteiger partial charge in [0.05, 0.1) is 19.6 Å². The zero-order chi connectivity index (χ0) is 27.4. The van der Waals surface area contributed by atoms with Gasteiger partial charge in [0.1, 0.15) is 17.3 Å². The molecule has 0 aromatic heterocycles. The summed E-state index contributed by atoms with van der Waals surface area (Å²) in [5, 5.41) is 0. The summed E-state index contributed by atoms with van der Waals surface area (Å²) in [5.74, 6) is 0.544. The molecule has 4 heteroatoms. The molecule has 37 heavy (non-hydrogen) atoms. The summed E-state index contributed by atoms with van der Waals surface area (Å²) in [6, 6.07) is 0. The molecular weight excluding hydrogens is 458 g/mol. The second-order valence-electron chi connectivity index (χ2n) is 11.4. The van der Waals surface area contributed by atoms with E-state index in [1.54, 1.807) is 0 Å². The highest BCUT2D eigenvalue weighted by atomic mass is 16.1. The van der Waals surface area contributed by atoms with E-state index in [4.69, 9.17) is 0 Å². The van der Waals surface area contributed by atoms with Crippen LogP contribution in [0.4, 0.5) is 0 Å². The van der Waals surface area contributed by atoms with Crippen LogP contribution in [0.5, 0.6) is 0 Å². The van der Waals surface area contributed by atoms with E-state index in [0.29, 0.717) is 19.3 Å². The molecule has 0 saturated heterocycles. The fraction of sp³-hybridized carbons (Fsp3) is 0.909. The van der Waals surface area contributed by atoms with Crippen molar-refractivity contribution in [3.63, 3.8) is 0 Å². The topological polar surface area (TPSA) is 54.5 Å². The number of unbranched alkanes of at least 4 members (excludes halogenated alkanes) is 18. The minimum Gasteiger partial charge on any atom is -0.298 e. The molecule has 0 amide bonds. The van der Waals surface area contributed by atoms with Crippen LogP contribution < -0.4 is 0 Å². The lowest BCUT2D eigenvalue weighted by Gasteiger charge is -2.20. The van der Waals surface area contributed by atoms with Crippen LogP contribution in [0.15, 0.2) is 0 Å². The molecule has 0 aromatic carbocycles. The first-order chi connectivity index (χ1) is 18.0. The van der Waals surface area contributed by atoms with Crippen molar-refractivity contribution in [1.29, 1.82) is 0 Å². The summed E-state index contributed by atoms with van der Waals surface area (Å²) in [6.45, 7) is 7.43. The highest BCUT2D eigenvalue weighted by Crippen LogP contribution is 2.12. The zero-order valence-electron chi connectivity index (χ0n) is 25.3. The van der Waals surface area contributed by atoms with E-state index < -0.39 is 0 Å². The van der Waals surface area contributed by atoms with E-state index in [1.807, 2.05) is 4.90 Å². The molecule has 0 heterocycles. The number of carbonyl (C=O) groups is 3. The molecule has 0 bridgehead atoms. The number of Topliss-reactive ketones (excluding diaryl/α,β-unsaturated/α-hetero) is 3. The molecule has 0 atom stereocenters. The van der Waals surface area contributed by atoms with Crippen molar-refractivity contribution in [2.24, 2.45) is 0 Å². The molecule has 0 fully saturated rings. The third-order valence-corrected chi connectivity index (χ3v) is 7.38. The fourth-order valence-corrected chi connectivity index (χ4v) is 4.99. The SMILES string of the molecule is CCCCCCCCCC(=O)CN(CC(=O)CCCCCCCCC)CC(=O)CCCCCCCCC. The standard InChI is InChI=1S/C33H63NO3/c1-4-7-10-13-16-19-22-25-31(35)28-34(29-32(36)26-23-20-17-14-11-8-5-2)30-33(37)27-24-21-18-15-12-9-6-3/h4-30H2,1-3H3. The minimum atomic E-state index is 0.181. The predicted molar refractivity (Wildman–Crippen MR) is 159 cm³/mol. The Morgan fingerprint density at radius 3 is 0.811 bits per heavy atom. The Balaban J connectivity index is 4.40. The zero-order valence-corrected chi connectivity index (χ0v) is 25.3. The Bertz CT molecular complexity index is 470. The largest absolute Gasteiger partial charge is 0.298 e. The quantitative estimate of drug-likeness (QED) is 0.0883. The Morgan fingerprint density at radius 2 is 0.568 bits per heavy atom. The molecule has 0 aromatic rings. The van der Waals surface area contributed by atoms with Gasteiger partial charge in [-0.2, -0.15) is 0 Å². The van der Waals surface area contributed by atoms with Gasteiger partial charge >= 0.3 is 0 Å². The summed E-state index contributed by atoms with van der Waals surface area (Å²) in [4.78, 5) is 39.8. The highest BCUT2D eigenvalue weighted by Gasteiger charge is 2.17. The molecule has 0 aliphatic heterocycles. The molecule has 218 valence electrons. The summed E-state index contributed by atoms with van der Waals surface area (Å²) in [5.41, 5.74) is 0. The van der Waals surface area contributed by atoms with Crippen molar-refractivity contribution >= 4 is 17.3 Å². The second-order valence-corrected chi connectivity index (χ2v) is 11.4. The Hall–Kier alpha value is -1.03. The van der Waals surface area contributed by atoms with Crippen molar-refractivity contribution in [3.05, 3.63) is 0 Å². The van der Waals surface area contributed by atoms with Gasteiger partial charge in [0.25, 0.3) is 0 Å². The number of hydrogen-bond donors (Lipinski definition) is 0. The maximum Gasteiger partial charge on any atom is 0.146 e. The van der Waals surface area contributed by atoms with E-state index >= 15 is 0 Å². The molecule has 0 radical (unpaired) electrons. The lowest BCUT2D eigenvalue weighted by Crippen LogP contribution is -2.38. The van der Waals surface area contributed by atoms with Gasteiger partial charge in [0.2, 0.25) is 0 Å². The first-order valence-corrected chi connectivity index (χ1v) is 16.3. The first-order valence-electron chi connectivity index (χ1n) is 16.3. The monoisotopic (exact) mass is 521 g/mol. The highest BCUT2D eigenvalue weighted by molar-refractivity contribution is 5.86. The van der Waals surface area contributed by atoms with Crippen LogP contribution in [0.25, 0.3) is 0 Å². The predicted octanol–water partition coefficient (Wildman–Crippen LogP) is 9.42. The van der Waals surface area contributed by atoms with Crippen molar-refractivity contribution in [1.82, 2.24) is 4.90 Å². The van der Waals surface area contributed by atoms with Crippen molar-refractivity contribution < 1.29 is 14.4 Å². The van der Waals surface area contributed by atoms with Gasteiger partial charge in [-0.05, 0) is 19.3 Å². The summed E-state index contributed by atoms with van der Waals surface area (Å²) in [6.07, 6.45) is 26.7. The van der Waals surface area contributed by atoms with Crippen LogP contribution in [0, 0.1) is 0 Å². The average Bonchev–Trinajstić information content (AvgIpc) is 2.87. The summed E-state index contributed by atoms with van der Waals surface area (Å²) < 4.78 is 0. The summed E-state index contributed by atoms with van der Waals surface area (Å²) >= 11 is 0. The van der Waals surface area contributed by atoms with Crippen LogP contribution in [0.3, 0.4) is 0 Å². The van der Waals surface area contributed by atoms with Crippen LogP contribution >= 0.6 is 0 Å². The number of ketones is 3. The molecule has 4 nitrogen and oxygen atoms in total. The molecule has 0 aliphatic rings. The second kappa shape index (κ2) is 28.0. The third kappa shape index (κ3) is 26.4. The summed E-state index contributed by atoms with van der Waals surface area (Å²) in [7, 11) is 0. The van der Waals surface area contributed by atoms with Crippen LogP contribution in [0.1, 0.15) is 175 Å². The van der Waals surface area contributed by atoms with Gasteiger partial charge < -0.3 is 0 Å². The van der Waals surface area contributed by atoms with Crippen LogP contribution in [0.2, 0.25) is 0 Å².